The Morgan fingerprint density at radius 2 is 1.25 bits per heavy atom. The monoisotopic (exact) mass is 320 g/mol. The maximum Gasteiger partial charge on any atom is 0.173 e. The maximum absolute atomic E-state index is 8.38. The highest BCUT2D eigenvalue weighted by Gasteiger charge is 2.32. The van der Waals surface area contributed by atoms with Gasteiger partial charge in [-0.2, -0.15) is 0 Å². The Labute approximate surface area is 128 Å². The van der Waals surface area contributed by atoms with E-state index in [1.165, 1.54) is 44.6 Å². The van der Waals surface area contributed by atoms with Crippen LogP contribution in [-0.2, 0) is 9.00 Å². The number of hydrogen-bond acceptors (Lipinski definition) is 3. The summed E-state index contributed by atoms with van der Waals surface area (Å²) in [5, 5.41) is 8.38. The van der Waals surface area contributed by atoms with Crippen molar-refractivity contribution in [2.75, 3.05) is 6.61 Å². The third-order valence-corrected chi connectivity index (χ3v) is 11.2. The normalized spacial score (nSPS) is 12.9. The summed E-state index contributed by atoms with van der Waals surface area (Å²) >= 11 is 0. The van der Waals surface area contributed by atoms with E-state index >= 15 is 0 Å². The molecule has 0 heterocycles. The molecule has 0 aliphatic carbocycles. The molecule has 0 fully saturated rings. The summed E-state index contributed by atoms with van der Waals surface area (Å²) in [7, 11) is -3.10. The van der Waals surface area contributed by atoms with Gasteiger partial charge in [0.25, 0.3) is 0 Å². The molecule has 0 amide bonds. The first kappa shape index (κ1) is 20.3. The maximum atomic E-state index is 8.38. The van der Waals surface area contributed by atoms with E-state index in [2.05, 4.69) is 38.0 Å². The molecule has 20 heavy (non-hydrogen) atoms. The highest BCUT2D eigenvalue weighted by molar-refractivity contribution is 6.84. The quantitative estimate of drug-likeness (QED) is 0.206. The Kier molecular flexibility index (Phi) is 11.1. The van der Waals surface area contributed by atoms with Crippen molar-refractivity contribution in [3.63, 3.8) is 0 Å². The predicted octanol–water partition coefficient (Wildman–Crippen LogP) is 5.65. The summed E-state index contributed by atoms with van der Waals surface area (Å²) in [6.07, 6.45) is 9.06. The van der Waals surface area contributed by atoms with Gasteiger partial charge in [0.2, 0.25) is 0 Å². The van der Waals surface area contributed by atoms with Gasteiger partial charge in [0.1, 0.15) is 0 Å². The van der Waals surface area contributed by atoms with E-state index in [9.17, 15) is 0 Å². The first-order valence-corrected chi connectivity index (χ1v) is 14.5. The molecule has 0 aromatic rings. The van der Waals surface area contributed by atoms with Gasteiger partial charge in [-0.05, 0) is 44.7 Å². The summed E-state index contributed by atoms with van der Waals surface area (Å²) in [6.45, 7) is 12.0. The first-order chi connectivity index (χ1) is 9.33. The smallest absolute Gasteiger partial charge is 0.173 e. The van der Waals surface area contributed by atoms with Gasteiger partial charge >= 0.3 is 0 Å². The number of rotatable bonds is 13. The van der Waals surface area contributed by atoms with E-state index in [1.54, 1.807) is 0 Å². The second-order valence-electron chi connectivity index (χ2n) is 7.08. The molecule has 0 saturated carbocycles. The van der Waals surface area contributed by atoms with Crippen LogP contribution in [0.25, 0.3) is 0 Å². The highest BCUT2D eigenvalue weighted by Crippen LogP contribution is 2.24. The third kappa shape index (κ3) is 12.1. The molecule has 0 spiro atoms. The minimum atomic E-state index is -1.59. The minimum absolute atomic E-state index is 0.430. The summed E-state index contributed by atoms with van der Waals surface area (Å²) in [5.41, 5.74) is 0. The lowest BCUT2D eigenvalue weighted by Gasteiger charge is -2.34. The van der Waals surface area contributed by atoms with Crippen LogP contribution >= 0.6 is 0 Å². The SMILES string of the molecule is CCCCCCCC[Si](C)(C)O[Si](C)(C)CCCOO. The zero-order valence-electron chi connectivity index (χ0n) is 14.3. The molecule has 0 aliphatic heterocycles. The third-order valence-electron chi connectivity index (χ3n) is 3.70. The van der Waals surface area contributed by atoms with Crippen molar-refractivity contribution in [2.45, 2.75) is 90.1 Å². The van der Waals surface area contributed by atoms with Crippen LogP contribution in [-0.4, -0.2) is 28.5 Å². The molecule has 0 saturated heterocycles. The van der Waals surface area contributed by atoms with Crippen molar-refractivity contribution < 1.29 is 14.3 Å². The zero-order chi connectivity index (χ0) is 15.5. The van der Waals surface area contributed by atoms with Gasteiger partial charge < -0.3 is 4.12 Å². The Morgan fingerprint density at radius 3 is 1.80 bits per heavy atom. The first-order valence-electron chi connectivity index (χ1n) is 8.29. The molecule has 5 heteroatoms. The van der Waals surface area contributed by atoms with Crippen LogP contribution in [0.2, 0.25) is 38.3 Å². The molecule has 0 bridgehead atoms. The summed E-state index contributed by atoms with van der Waals surface area (Å²) in [6, 6.07) is 2.35. The molecule has 0 aliphatic rings. The molecule has 0 aromatic heterocycles. The van der Waals surface area contributed by atoms with Gasteiger partial charge in [0.15, 0.2) is 16.6 Å². The van der Waals surface area contributed by atoms with E-state index in [4.69, 9.17) is 9.37 Å². The molecule has 1 N–H and O–H groups in total. The molecule has 0 unspecified atom stereocenters. The summed E-state index contributed by atoms with van der Waals surface area (Å²) < 4.78 is 6.54. The Balaban J connectivity index is 3.85. The summed E-state index contributed by atoms with van der Waals surface area (Å²) in [5.74, 6) is 0. The molecule has 3 nitrogen and oxygen atoms in total. The highest BCUT2D eigenvalue weighted by atomic mass is 28.4. The number of hydrogen-bond donors (Lipinski definition) is 1. The fourth-order valence-electron chi connectivity index (χ4n) is 2.74. The second-order valence-corrected chi connectivity index (χ2v) is 15.9. The molecule has 0 rings (SSSR count). The van der Waals surface area contributed by atoms with Crippen LogP contribution in [0.15, 0.2) is 0 Å². The average Bonchev–Trinajstić information content (AvgIpc) is 2.32. The van der Waals surface area contributed by atoms with Crippen molar-refractivity contribution in [1.29, 1.82) is 0 Å². The van der Waals surface area contributed by atoms with Crippen molar-refractivity contribution in [3.05, 3.63) is 0 Å². The van der Waals surface area contributed by atoms with E-state index < -0.39 is 16.6 Å². The fraction of sp³-hybridized carbons (Fsp3) is 1.00. The van der Waals surface area contributed by atoms with Crippen molar-refractivity contribution >= 4 is 16.6 Å². The van der Waals surface area contributed by atoms with Gasteiger partial charge in [0, 0.05) is 0 Å². The topological polar surface area (TPSA) is 38.7 Å². The van der Waals surface area contributed by atoms with Gasteiger partial charge in [0.05, 0.1) is 6.61 Å². The van der Waals surface area contributed by atoms with E-state index in [0.717, 1.165) is 12.5 Å². The second kappa shape index (κ2) is 11.0. The lowest BCUT2D eigenvalue weighted by molar-refractivity contribution is -0.241. The van der Waals surface area contributed by atoms with E-state index in [1.807, 2.05) is 0 Å². The fourth-order valence-corrected chi connectivity index (χ4v) is 11.6. The largest absolute Gasteiger partial charge is 0.455 e. The van der Waals surface area contributed by atoms with Crippen LogP contribution in [0.1, 0.15) is 51.9 Å². The van der Waals surface area contributed by atoms with Gasteiger partial charge in [-0.15, -0.1) is 0 Å². The zero-order valence-corrected chi connectivity index (χ0v) is 16.3. The Morgan fingerprint density at radius 1 is 0.750 bits per heavy atom. The Bertz CT molecular complexity index is 233. The molecule has 0 aromatic carbocycles. The predicted molar refractivity (Wildman–Crippen MR) is 92.2 cm³/mol. The standard InChI is InChI=1S/C15H36O3Si2/c1-6-7-8-9-10-11-14-19(2,3)18-20(4,5)15-12-13-17-16/h16H,6-15H2,1-5H3. The van der Waals surface area contributed by atoms with Gasteiger partial charge in [-0.1, -0.05) is 45.4 Å². The van der Waals surface area contributed by atoms with Gasteiger partial charge in [-0.25, -0.2) is 4.89 Å². The lowest BCUT2D eigenvalue weighted by atomic mass is 10.1. The van der Waals surface area contributed by atoms with Crippen molar-refractivity contribution in [1.82, 2.24) is 0 Å². The summed E-state index contributed by atoms with van der Waals surface area (Å²) in [4.78, 5) is 4.16. The van der Waals surface area contributed by atoms with Crippen LogP contribution in [0.5, 0.6) is 0 Å². The van der Waals surface area contributed by atoms with Crippen LogP contribution < -0.4 is 0 Å². The molecular weight excluding hydrogens is 284 g/mol. The van der Waals surface area contributed by atoms with E-state index in [0.29, 0.717) is 6.61 Å². The molecule has 0 radical (unpaired) electrons. The van der Waals surface area contributed by atoms with Crippen molar-refractivity contribution in [3.8, 4) is 0 Å². The van der Waals surface area contributed by atoms with Crippen molar-refractivity contribution in [2.24, 2.45) is 0 Å². The minimum Gasteiger partial charge on any atom is -0.455 e. The number of unbranched alkanes of at least 4 members (excludes halogenated alkanes) is 5. The van der Waals surface area contributed by atoms with Crippen LogP contribution in [0, 0.1) is 0 Å². The lowest BCUT2D eigenvalue weighted by Crippen LogP contribution is -2.44. The van der Waals surface area contributed by atoms with Gasteiger partial charge in [-0.3, -0.25) is 5.26 Å². The van der Waals surface area contributed by atoms with E-state index in [-0.39, 0.29) is 0 Å². The average molecular weight is 321 g/mol. The molecule has 122 valence electrons. The Hall–Kier alpha value is 0.314. The molecule has 0 atom stereocenters. The van der Waals surface area contributed by atoms with Crippen LogP contribution in [0.3, 0.4) is 0 Å². The van der Waals surface area contributed by atoms with Crippen LogP contribution in [0.4, 0.5) is 0 Å². The molecular formula is C15H36O3Si2.